The molecule has 2 heterocycles. The summed E-state index contributed by atoms with van der Waals surface area (Å²) in [6.07, 6.45) is 15.8. The Morgan fingerprint density at radius 3 is 2.58 bits per heavy atom. The van der Waals surface area contributed by atoms with Crippen molar-refractivity contribution in [2.45, 2.75) is 65.7 Å². The summed E-state index contributed by atoms with van der Waals surface area (Å²) in [6.45, 7) is 8.75. The van der Waals surface area contributed by atoms with Crippen LogP contribution < -0.4 is 10.7 Å². The zero-order chi connectivity index (χ0) is 23.5. The molecule has 4 heteroatoms. The predicted molar refractivity (Wildman–Crippen MR) is 139 cm³/mol. The van der Waals surface area contributed by atoms with Gasteiger partial charge in [-0.05, 0) is 70.9 Å². The Morgan fingerprint density at radius 1 is 1.03 bits per heavy atom. The van der Waals surface area contributed by atoms with E-state index in [0.29, 0.717) is 0 Å². The van der Waals surface area contributed by atoms with Crippen LogP contribution in [0.2, 0.25) is 0 Å². The van der Waals surface area contributed by atoms with Crippen LogP contribution in [0, 0.1) is 0 Å². The summed E-state index contributed by atoms with van der Waals surface area (Å²) >= 11 is 0. The Kier molecular flexibility index (Phi) is 9.89. The SMILES string of the molecule is C/C=C\C1=C(C)CCCN1CC/C=c1/nc(CCCCCO)c(-c2ccccc2)n/c1=C/C. The molecule has 0 bridgehead atoms. The third-order valence-electron chi connectivity index (χ3n) is 6.23. The lowest BCUT2D eigenvalue weighted by molar-refractivity contribution is 0.283. The van der Waals surface area contributed by atoms with Crippen LogP contribution in [-0.4, -0.2) is 39.7 Å². The van der Waals surface area contributed by atoms with Crippen molar-refractivity contribution >= 4 is 12.2 Å². The summed E-state index contributed by atoms with van der Waals surface area (Å²) in [5, 5.41) is 11.1. The zero-order valence-corrected chi connectivity index (χ0v) is 20.6. The van der Waals surface area contributed by atoms with Crippen molar-refractivity contribution < 1.29 is 5.11 Å². The van der Waals surface area contributed by atoms with Crippen molar-refractivity contribution in [3.8, 4) is 11.3 Å². The van der Waals surface area contributed by atoms with E-state index < -0.39 is 0 Å². The first-order valence-electron chi connectivity index (χ1n) is 12.4. The maximum atomic E-state index is 9.13. The average Bonchev–Trinajstić information content (AvgIpc) is 2.84. The Bertz CT molecular complexity index is 1070. The summed E-state index contributed by atoms with van der Waals surface area (Å²) < 4.78 is 0. The first-order chi connectivity index (χ1) is 16.2. The minimum atomic E-state index is 0.250. The van der Waals surface area contributed by atoms with Crippen molar-refractivity contribution in [2.24, 2.45) is 0 Å². The van der Waals surface area contributed by atoms with Crippen molar-refractivity contribution in [1.29, 1.82) is 0 Å². The van der Waals surface area contributed by atoms with E-state index >= 15 is 0 Å². The topological polar surface area (TPSA) is 49.2 Å². The molecule has 0 amide bonds. The molecule has 1 aromatic carbocycles. The minimum absolute atomic E-state index is 0.250. The molecule has 1 aromatic heterocycles. The van der Waals surface area contributed by atoms with Gasteiger partial charge in [-0.1, -0.05) is 55.0 Å². The van der Waals surface area contributed by atoms with Gasteiger partial charge in [-0.15, -0.1) is 0 Å². The molecule has 1 N–H and O–H groups in total. The summed E-state index contributed by atoms with van der Waals surface area (Å²) in [4.78, 5) is 12.7. The van der Waals surface area contributed by atoms with E-state index in [1.54, 1.807) is 0 Å². The number of hydrogen-bond donors (Lipinski definition) is 1. The third-order valence-corrected chi connectivity index (χ3v) is 6.23. The summed E-state index contributed by atoms with van der Waals surface area (Å²) in [7, 11) is 0. The first kappa shape index (κ1) is 24.9. The maximum Gasteiger partial charge on any atom is 0.0924 e. The second-order valence-electron chi connectivity index (χ2n) is 8.73. The number of benzene rings is 1. The third kappa shape index (κ3) is 6.88. The van der Waals surface area contributed by atoms with Crippen molar-refractivity contribution in [3.63, 3.8) is 0 Å². The molecule has 0 saturated heterocycles. The normalized spacial score (nSPS) is 15.8. The van der Waals surface area contributed by atoms with Crippen LogP contribution in [0.1, 0.15) is 65.0 Å². The van der Waals surface area contributed by atoms with Gasteiger partial charge in [0.25, 0.3) is 0 Å². The molecule has 0 saturated carbocycles. The average molecular weight is 446 g/mol. The maximum absolute atomic E-state index is 9.13. The molecule has 0 unspecified atom stereocenters. The van der Waals surface area contributed by atoms with Crippen molar-refractivity contribution in [2.75, 3.05) is 19.7 Å². The van der Waals surface area contributed by atoms with Crippen molar-refractivity contribution in [1.82, 2.24) is 14.9 Å². The highest BCUT2D eigenvalue weighted by atomic mass is 16.2. The van der Waals surface area contributed by atoms with Crippen LogP contribution in [-0.2, 0) is 6.42 Å². The van der Waals surface area contributed by atoms with Gasteiger partial charge in [0.05, 0.1) is 22.1 Å². The summed E-state index contributed by atoms with van der Waals surface area (Å²) in [5.41, 5.74) is 6.02. The second kappa shape index (κ2) is 13.1. The molecule has 2 aromatic rings. The number of aliphatic hydroxyl groups is 1. The van der Waals surface area contributed by atoms with Gasteiger partial charge in [-0.2, -0.15) is 0 Å². The van der Waals surface area contributed by atoms with Gasteiger partial charge in [0.1, 0.15) is 0 Å². The molecule has 1 aliphatic heterocycles. The molecule has 4 nitrogen and oxygen atoms in total. The lowest BCUT2D eigenvalue weighted by Crippen LogP contribution is -2.34. The number of allylic oxidation sites excluding steroid dienone is 3. The lowest BCUT2D eigenvalue weighted by Gasteiger charge is -2.31. The minimum Gasteiger partial charge on any atom is -0.396 e. The molecule has 0 atom stereocenters. The monoisotopic (exact) mass is 445 g/mol. The van der Waals surface area contributed by atoms with Gasteiger partial charge < -0.3 is 10.0 Å². The number of nitrogens with zero attached hydrogens (tertiary/aromatic N) is 3. The Balaban J connectivity index is 1.89. The molecule has 176 valence electrons. The predicted octanol–water partition coefficient (Wildman–Crippen LogP) is 4.77. The summed E-state index contributed by atoms with van der Waals surface area (Å²) in [5.74, 6) is 0. The molecular weight excluding hydrogens is 406 g/mol. The largest absolute Gasteiger partial charge is 0.396 e. The smallest absolute Gasteiger partial charge is 0.0924 e. The highest BCUT2D eigenvalue weighted by Gasteiger charge is 2.15. The van der Waals surface area contributed by atoms with E-state index in [-0.39, 0.29) is 6.61 Å². The quantitative estimate of drug-likeness (QED) is 0.536. The molecule has 0 spiro atoms. The Labute approximate surface area is 199 Å². The van der Waals surface area contributed by atoms with Crippen LogP contribution in [0.4, 0.5) is 0 Å². The van der Waals surface area contributed by atoms with E-state index in [1.165, 1.54) is 24.1 Å². The molecule has 0 radical (unpaired) electrons. The molecule has 33 heavy (non-hydrogen) atoms. The number of aromatic nitrogens is 2. The molecule has 0 aliphatic carbocycles. The van der Waals surface area contributed by atoms with Crippen LogP contribution in [0.25, 0.3) is 23.4 Å². The Hall–Kier alpha value is -2.72. The molecular formula is C29H39N3O. The second-order valence-corrected chi connectivity index (χ2v) is 8.73. The van der Waals surface area contributed by atoms with E-state index in [0.717, 1.165) is 72.8 Å². The van der Waals surface area contributed by atoms with Crippen LogP contribution in [0.5, 0.6) is 0 Å². The van der Waals surface area contributed by atoms with Crippen LogP contribution in [0.3, 0.4) is 0 Å². The fourth-order valence-corrected chi connectivity index (χ4v) is 4.49. The van der Waals surface area contributed by atoms with Gasteiger partial charge in [0.2, 0.25) is 0 Å². The number of aryl methyl sites for hydroxylation is 1. The molecule has 1 aliphatic rings. The summed E-state index contributed by atoms with van der Waals surface area (Å²) in [6, 6.07) is 10.4. The fraction of sp³-hybridized carbons (Fsp3) is 0.448. The van der Waals surface area contributed by atoms with Crippen LogP contribution >= 0.6 is 0 Å². The zero-order valence-electron chi connectivity index (χ0n) is 20.6. The standard InChI is InChI=1S/C29H39N3O/c1-4-14-28-23(3)15-12-20-32(28)21-13-19-26-25(5-2)31-29(24-16-8-6-9-17-24)27(30-26)18-10-7-11-22-33/h4-6,8-9,14,16-17,19,33H,7,10-13,15,18,20-22H2,1-3H3/b14-4-,25-5+,26-19+. The van der Waals surface area contributed by atoms with E-state index in [1.807, 2.05) is 13.0 Å². The van der Waals surface area contributed by atoms with Gasteiger partial charge in [0.15, 0.2) is 0 Å². The Morgan fingerprint density at radius 2 is 1.85 bits per heavy atom. The number of hydrogen-bond acceptors (Lipinski definition) is 4. The highest BCUT2D eigenvalue weighted by molar-refractivity contribution is 5.61. The van der Waals surface area contributed by atoms with E-state index in [2.05, 4.69) is 67.3 Å². The molecule has 3 rings (SSSR count). The molecule has 0 fully saturated rings. The van der Waals surface area contributed by atoms with Gasteiger partial charge >= 0.3 is 0 Å². The van der Waals surface area contributed by atoms with Gasteiger partial charge in [-0.25, -0.2) is 9.97 Å². The first-order valence-corrected chi connectivity index (χ1v) is 12.4. The van der Waals surface area contributed by atoms with E-state index in [4.69, 9.17) is 15.1 Å². The van der Waals surface area contributed by atoms with Gasteiger partial charge in [0, 0.05) is 31.0 Å². The lowest BCUT2D eigenvalue weighted by atomic mass is 10.0. The number of unbranched alkanes of at least 4 members (excludes halogenated alkanes) is 2. The van der Waals surface area contributed by atoms with Crippen LogP contribution in [0.15, 0.2) is 53.8 Å². The van der Waals surface area contributed by atoms with Gasteiger partial charge in [-0.3, -0.25) is 0 Å². The van der Waals surface area contributed by atoms with Crippen molar-refractivity contribution in [3.05, 3.63) is 70.1 Å². The highest BCUT2D eigenvalue weighted by Crippen LogP contribution is 2.23. The van der Waals surface area contributed by atoms with E-state index in [9.17, 15) is 0 Å². The fourth-order valence-electron chi connectivity index (χ4n) is 4.49. The number of rotatable bonds is 10. The number of aliphatic hydroxyl groups excluding tert-OH is 1.